The number of anilines is 2. The zero-order valence-corrected chi connectivity index (χ0v) is 17.9. The SMILES string of the molecule is CC(C)c1ccc(Oc2cnn(C)c(=O)c2Nc2cccc(C(=O)NC3CC3)c2)cc1. The maximum absolute atomic E-state index is 12.8. The van der Waals surface area contributed by atoms with E-state index in [-0.39, 0.29) is 23.2 Å². The number of nitrogens with one attached hydrogen (secondary N) is 2. The van der Waals surface area contributed by atoms with E-state index in [9.17, 15) is 9.59 Å². The lowest BCUT2D eigenvalue weighted by Gasteiger charge is -2.14. The summed E-state index contributed by atoms with van der Waals surface area (Å²) in [5.41, 5.74) is 2.28. The van der Waals surface area contributed by atoms with Gasteiger partial charge in [0.2, 0.25) is 0 Å². The third-order valence-corrected chi connectivity index (χ3v) is 5.18. The molecule has 1 amide bonds. The Bertz CT molecular complexity index is 1150. The number of aromatic nitrogens is 2. The van der Waals surface area contributed by atoms with Crippen molar-refractivity contribution in [1.29, 1.82) is 0 Å². The van der Waals surface area contributed by atoms with Gasteiger partial charge in [0, 0.05) is 24.3 Å². The van der Waals surface area contributed by atoms with Crippen molar-refractivity contribution in [2.75, 3.05) is 5.32 Å². The summed E-state index contributed by atoms with van der Waals surface area (Å²) in [4.78, 5) is 25.1. The second kappa shape index (κ2) is 8.63. The lowest BCUT2D eigenvalue weighted by atomic mass is 10.0. The molecule has 2 aromatic carbocycles. The Morgan fingerprint density at radius 3 is 2.58 bits per heavy atom. The molecule has 0 unspecified atom stereocenters. The number of carbonyl (C=O) groups is 1. The molecule has 1 aliphatic carbocycles. The van der Waals surface area contributed by atoms with Gasteiger partial charge in [-0.05, 0) is 54.7 Å². The summed E-state index contributed by atoms with van der Waals surface area (Å²) in [5, 5.41) is 10.2. The van der Waals surface area contributed by atoms with Crippen LogP contribution in [0.4, 0.5) is 11.4 Å². The van der Waals surface area contributed by atoms with E-state index < -0.39 is 0 Å². The zero-order chi connectivity index (χ0) is 22.0. The monoisotopic (exact) mass is 418 g/mol. The Kier molecular flexibility index (Phi) is 5.75. The third kappa shape index (κ3) is 4.94. The molecule has 2 N–H and O–H groups in total. The summed E-state index contributed by atoms with van der Waals surface area (Å²) >= 11 is 0. The lowest BCUT2D eigenvalue weighted by molar-refractivity contribution is 0.0951. The fraction of sp³-hybridized carbons (Fsp3) is 0.292. The van der Waals surface area contributed by atoms with E-state index in [1.807, 2.05) is 24.3 Å². The summed E-state index contributed by atoms with van der Waals surface area (Å²) in [7, 11) is 1.58. The number of ether oxygens (including phenoxy) is 1. The van der Waals surface area contributed by atoms with Gasteiger partial charge in [0.15, 0.2) is 11.4 Å². The number of nitrogens with zero attached hydrogens (tertiary/aromatic N) is 2. The number of hydrogen-bond donors (Lipinski definition) is 2. The standard InChI is InChI=1S/C24H26N4O3/c1-15(2)16-7-11-20(12-8-16)31-21-14-25-28(3)24(30)22(21)26-19-6-4-5-17(13-19)23(29)27-18-9-10-18/h4-8,11-15,18,26H,9-10H2,1-3H3,(H,27,29). The molecule has 1 saturated carbocycles. The molecule has 0 atom stereocenters. The molecule has 3 aromatic rings. The topological polar surface area (TPSA) is 85.2 Å². The first-order valence-corrected chi connectivity index (χ1v) is 10.4. The zero-order valence-electron chi connectivity index (χ0n) is 17.9. The van der Waals surface area contributed by atoms with Crippen molar-refractivity contribution in [3.05, 3.63) is 76.2 Å². The molecule has 31 heavy (non-hydrogen) atoms. The molecule has 4 rings (SSSR count). The predicted molar refractivity (Wildman–Crippen MR) is 120 cm³/mol. The van der Waals surface area contributed by atoms with Crippen molar-refractivity contribution in [2.45, 2.75) is 38.6 Å². The van der Waals surface area contributed by atoms with E-state index in [2.05, 4.69) is 29.6 Å². The van der Waals surface area contributed by atoms with Crippen LogP contribution in [0.25, 0.3) is 0 Å². The fourth-order valence-corrected chi connectivity index (χ4v) is 3.14. The van der Waals surface area contributed by atoms with Crippen LogP contribution in [0.2, 0.25) is 0 Å². The van der Waals surface area contributed by atoms with Crippen LogP contribution >= 0.6 is 0 Å². The second-order valence-corrected chi connectivity index (χ2v) is 8.09. The lowest BCUT2D eigenvalue weighted by Crippen LogP contribution is -2.25. The van der Waals surface area contributed by atoms with Crippen molar-refractivity contribution in [2.24, 2.45) is 7.05 Å². The van der Waals surface area contributed by atoms with Gasteiger partial charge in [-0.1, -0.05) is 32.0 Å². The molecule has 0 aliphatic heterocycles. The van der Waals surface area contributed by atoms with Gasteiger partial charge in [0.25, 0.3) is 11.5 Å². The molecule has 0 bridgehead atoms. The summed E-state index contributed by atoms with van der Waals surface area (Å²) < 4.78 is 7.21. The summed E-state index contributed by atoms with van der Waals surface area (Å²) in [6.45, 7) is 4.25. The first-order valence-electron chi connectivity index (χ1n) is 10.4. The normalized spacial score (nSPS) is 13.2. The fourth-order valence-electron chi connectivity index (χ4n) is 3.14. The summed E-state index contributed by atoms with van der Waals surface area (Å²) in [6.07, 6.45) is 3.55. The van der Waals surface area contributed by atoms with E-state index in [0.29, 0.717) is 28.7 Å². The molecule has 7 heteroatoms. The number of carbonyl (C=O) groups excluding carboxylic acids is 1. The number of rotatable bonds is 7. The molecule has 1 aromatic heterocycles. The van der Waals surface area contributed by atoms with E-state index in [1.165, 1.54) is 16.4 Å². The van der Waals surface area contributed by atoms with E-state index in [4.69, 9.17) is 4.74 Å². The van der Waals surface area contributed by atoms with Crippen molar-refractivity contribution in [1.82, 2.24) is 15.1 Å². The number of benzene rings is 2. The van der Waals surface area contributed by atoms with E-state index >= 15 is 0 Å². The molecule has 1 aliphatic rings. The van der Waals surface area contributed by atoms with Gasteiger partial charge >= 0.3 is 0 Å². The van der Waals surface area contributed by atoms with Crippen molar-refractivity contribution < 1.29 is 9.53 Å². The van der Waals surface area contributed by atoms with Crippen LogP contribution in [0.15, 0.2) is 59.5 Å². The smallest absolute Gasteiger partial charge is 0.294 e. The van der Waals surface area contributed by atoms with Crippen molar-refractivity contribution >= 4 is 17.3 Å². The first kappa shape index (κ1) is 20.7. The minimum absolute atomic E-state index is 0.115. The molecule has 0 radical (unpaired) electrons. The predicted octanol–water partition coefficient (Wildman–Crippen LogP) is 4.33. The summed E-state index contributed by atoms with van der Waals surface area (Å²) in [5.74, 6) is 1.23. The average molecular weight is 418 g/mol. The van der Waals surface area contributed by atoms with Crippen LogP contribution in [-0.2, 0) is 7.05 Å². The first-order chi connectivity index (χ1) is 14.9. The second-order valence-electron chi connectivity index (χ2n) is 8.09. The Morgan fingerprint density at radius 1 is 1.16 bits per heavy atom. The molecule has 160 valence electrons. The molecular formula is C24H26N4O3. The molecule has 0 saturated heterocycles. The van der Waals surface area contributed by atoms with Gasteiger partial charge in [-0.15, -0.1) is 0 Å². The van der Waals surface area contributed by atoms with Crippen LogP contribution in [0, 0.1) is 0 Å². The molecule has 7 nitrogen and oxygen atoms in total. The van der Waals surface area contributed by atoms with Gasteiger partial charge in [-0.2, -0.15) is 5.10 Å². The average Bonchev–Trinajstić information content (AvgIpc) is 3.58. The van der Waals surface area contributed by atoms with Gasteiger partial charge < -0.3 is 15.4 Å². The third-order valence-electron chi connectivity index (χ3n) is 5.18. The van der Waals surface area contributed by atoms with Crippen LogP contribution in [-0.4, -0.2) is 21.7 Å². The molecule has 0 spiro atoms. The van der Waals surface area contributed by atoms with Crippen molar-refractivity contribution in [3.63, 3.8) is 0 Å². The van der Waals surface area contributed by atoms with Crippen molar-refractivity contribution in [3.8, 4) is 11.5 Å². The van der Waals surface area contributed by atoms with Crippen LogP contribution in [0.1, 0.15) is 48.5 Å². The van der Waals surface area contributed by atoms with Crippen LogP contribution < -0.4 is 20.9 Å². The largest absolute Gasteiger partial charge is 0.453 e. The minimum atomic E-state index is -0.330. The minimum Gasteiger partial charge on any atom is -0.453 e. The number of hydrogen-bond acceptors (Lipinski definition) is 5. The highest BCUT2D eigenvalue weighted by atomic mass is 16.5. The Hall–Kier alpha value is -3.61. The summed E-state index contributed by atoms with van der Waals surface area (Å²) in [6, 6.07) is 15.1. The quantitative estimate of drug-likeness (QED) is 0.596. The van der Waals surface area contributed by atoms with E-state index in [1.54, 1.807) is 31.3 Å². The highest BCUT2D eigenvalue weighted by molar-refractivity contribution is 5.95. The number of amides is 1. The Labute approximate surface area is 181 Å². The van der Waals surface area contributed by atoms with E-state index in [0.717, 1.165) is 12.8 Å². The van der Waals surface area contributed by atoms with Gasteiger partial charge in [0.05, 0.1) is 6.20 Å². The number of aryl methyl sites for hydroxylation is 1. The Morgan fingerprint density at radius 2 is 1.90 bits per heavy atom. The Balaban J connectivity index is 1.60. The highest BCUT2D eigenvalue weighted by Gasteiger charge is 2.24. The van der Waals surface area contributed by atoms with Crippen LogP contribution in [0.3, 0.4) is 0 Å². The maximum atomic E-state index is 12.8. The molecule has 1 fully saturated rings. The van der Waals surface area contributed by atoms with Crippen LogP contribution in [0.5, 0.6) is 11.5 Å². The highest BCUT2D eigenvalue weighted by Crippen LogP contribution is 2.29. The molecule has 1 heterocycles. The maximum Gasteiger partial charge on any atom is 0.294 e. The van der Waals surface area contributed by atoms with Gasteiger partial charge in [-0.3, -0.25) is 9.59 Å². The van der Waals surface area contributed by atoms with Gasteiger partial charge in [0.1, 0.15) is 5.75 Å². The molecular weight excluding hydrogens is 392 g/mol. The van der Waals surface area contributed by atoms with Gasteiger partial charge in [-0.25, -0.2) is 4.68 Å².